The molecule has 0 aliphatic heterocycles. The third-order valence-electron chi connectivity index (χ3n) is 4.96. The van der Waals surface area contributed by atoms with E-state index >= 15 is 0 Å². The lowest BCUT2D eigenvalue weighted by Gasteiger charge is -2.11. The van der Waals surface area contributed by atoms with Crippen molar-refractivity contribution < 1.29 is 31.9 Å². The first kappa shape index (κ1) is 22.3. The van der Waals surface area contributed by atoms with Gasteiger partial charge in [-0.15, -0.1) is 0 Å². The van der Waals surface area contributed by atoms with E-state index in [-0.39, 0.29) is 10.5 Å². The van der Waals surface area contributed by atoms with Gasteiger partial charge in [-0.3, -0.25) is 4.79 Å². The number of para-hydroxylation sites is 1. The summed E-state index contributed by atoms with van der Waals surface area (Å²) in [7, 11) is -0.979. The molecule has 0 saturated heterocycles. The van der Waals surface area contributed by atoms with Crippen LogP contribution in [0, 0.1) is 0 Å². The summed E-state index contributed by atoms with van der Waals surface area (Å²) in [6, 6.07) is 16.3. The van der Waals surface area contributed by atoms with Gasteiger partial charge >= 0.3 is 5.97 Å². The van der Waals surface area contributed by atoms with Crippen molar-refractivity contribution >= 4 is 49.5 Å². The van der Waals surface area contributed by atoms with E-state index in [0.29, 0.717) is 22.6 Å². The second kappa shape index (κ2) is 8.93. The standard InChI is InChI=1S/C23H20N2O7S/c1-24-33(28,29)15-7-5-6-14(10-15)23(27)31-13-22(26)25-18-12-20-17(11-21(18)30-2)16-8-3-4-9-19(16)32-20/h3-12,24H,13H2,1-2H3,(H,25,26). The maximum atomic E-state index is 12.4. The Morgan fingerprint density at radius 3 is 2.52 bits per heavy atom. The molecule has 0 atom stereocenters. The SMILES string of the molecule is CNS(=O)(=O)c1cccc(C(=O)OCC(=O)Nc2cc3oc4ccccc4c3cc2OC)c1. The Morgan fingerprint density at radius 2 is 1.76 bits per heavy atom. The average molecular weight is 468 g/mol. The van der Waals surface area contributed by atoms with Gasteiger partial charge in [-0.05, 0) is 37.4 Å². The number of ether oxygens (including phenoxy) is 2. The zero-order chi connectivity index (χ0) is 23.6. The molecule has 1 aromatic heterocycles. The van der Waals surface area contributed by atoms with Crippen LogP contribution in [-0.2, 0) is 19.6 Å². The van der Waals surface area contributed by atoms with Crippen molar-refractivity contribution in [2.75, 3.05) is 26.1 Å². The Morgan fingerprint density at radius 1 is 0.970 bits per heavy atom. The van der Waals surface area contributed by atoms with E-state index in [4.69, 9.17) is 13.9 Å². The zero-order valence-corrected chi connectivity index (χ0v) is 18.6. The summed E-state index contributed by atoms with van der Waals surface area (Å²) in [5.74, 6) is -1.02. The lowest BCUT2D eigenvalue weighted by atomic mass is 10.1. The molecular formula is C23H20N2O7S. The van der Waals surface area contributed by atoms with Gasteiger partial charge in [0.15, 0.2) is 6.61 Å². The molecule has 0 saturated carbocycles. The van der Waals surface area contributed by atoms with Crippen molar-refractivity contribution in [1.82, 2.24) is 4.72 Å². The van der Waals surface area contributed by atoms with Gasteiger partial charge in [-0.1, -0.05) is 24.3 Å². The molecule has 0 radical (unpaired) electrons. The molecule has 0 fully saturated rings. The smallest absolute Gasteiger partial charge is 0.338 e. The highest BCUT2D eigenvalue weighted by molar-refractivity contribution is 7.89. The fourth-order valence-corrected chi connectivity index (χ4v) is 4.10. The summed E-state index contributed by atoms with van der Waals surface area (Å²) in [6.07, 6.45) is 0. The van der Waals surface area contributed by atoms with Gasteiger partial charge in [0.25, 0.3) is 5.91 Å². The summed E-state index contributed by atoms with van der Waals surface area (Å²) in [5.41, 5.74) is 1.62. The molecule has 0 aliphatic carbocycles. The molecule has 0 unspecified atom stereocenters. The number of methoxy groups -OCH3 is 1. The number of rotatable bonds is 7. The maximum Gasteiger partial charge on any atom is 0.338 e. The van der Waals surface area contributed by atoms with Crippen LogP contribution in [0.1, 0.15) is 10.4 Å². The summed E-state index contributed by atoms with van der Waals surface area (Å²) in [5, 5.41) is 4.40. The number of hydrogen-bond acceptors (Lipinski definition) is 7. The summed E-state index contributed by atoms with van der Waals surface area (Å²) in [4.78, 5) is 24.6. The largest absolute Gasteiger partial charge is 0.495 e. The average Bonchev–Trinajstić information content (AvgIpc) is 3.19. The second-order valence-corrected chi connectivity index (χ2v) is 8.89. The molecule has 10 heteroatoms. The quantitative estimate of drug-likeness (QED) is 0.399. The van der Waals surface area contributed by atoms with Crippen molar-refractivity contribution in [3.63, 3.8) is 0 Å². The van der Waals surface area contributed by atoms with Crippen LogP contribution in [0.3, 0.4) is 0 Å². The molecule has 0 spiro atoms. The summed E-state index contributed by atoms with van der Waals surface area (Å²) in [6.45, 7) is -0.580. The lowest BCUT2D eigenvalue weighted by molar-refractivity contribution is -0.119. The predicted molar refractivity (Wildman–Crippen MR) is 122 cm³/mol. The van der Waals surface area contributed by atoms with Gasteiger partial charge < -0.3 is 19.2 Å². The highest BCUT2D eigenvalue weighted by atomic mass is 32.2. The molecule has 3 aromatic carbocycles. The molecule has 170 valence electrons. The van der Waals surface area contributed by atoms with Crippen LogP contribution in [-0.4, -0.2) is 41.1 Å². The highest BCUT2D eigenvalue weighted by Gasteiger charge is 2.18. The monoisotopic (exact) mass is 468 g/mol. The Bertz CT molecular complexity index is 1470. The number of hydrogen-bond donors (Lipinski definition) is 2. The van der Waals surface area contributed by atoms with Crippen LogP contribution < -0.4 is 14.8 Å². The topological polar surface area (TPSA) is 124 Å². The van der Waals surface area contributed by atoms with E-state index in [1.54, 1.807) is 12.1 Å². The highest BCUT2D eigenvalue weighted by Crippen LogP contribution is 2.36. The number of fused-ring (bicyclic) bond motifs is 3. The minimum absolute atomic E-state index is 0.000371. The molecule has 1 amide bonds. The Hall–Kier alpha value is -3.89. The van der Waals surface area contributed by atoms with E-state index < -0.39 is 28.5 Å². The first-order valence-electron chi connectivity index (χ1n) is 9.82. The Labute approximate surface area is 189 Å². The van der Waals surface area contributed by atoms with Crippen molar-refractivity contribution in [1.29, 1.82) is 0 Å². The van der Waals surface area contributed by atoms with E-state index in [0.717, 1.165) is 10.8 Å². The second-order valence-electron chi connectivity index (χ2n) is 7.01. The third-order valence-corrected chi connectivity index (χ3v) is 6.37. The molecule has 0 bridgehead atoms. The zero-order valence-electron chi connectivity index (χ0n) is 17.7. The summed E-state index contributed by atoms with van der Waals surface area (Å²) >= 11 is 0. The third kappa shape index (κ3) is 4.52. The van der Waals surface area contributed by atoms with E-state index in [1.807, 2.05) is 24.3 Å². The molecule has 4 rings (SSSR count). The van der Waals surface area contributed by atoms with Crippen LogP contribution in [0.15, 0.2) is 70.0 Å². The molecule has 1 heterocycles. The molecule has 4 aromatic rings. The Balaban J connectivity index is 1.48. The van der Waals surface area contributed by atoms with Gasteiger partial charge in [0.1, 0.15) is 16.9 Å². The van der Waals surface area contributed by atoms with Crippen LogP contribution in [0.5, 0.6) is 5.75 Å². The van der Waals surface area contributed by atoms with E-state index in [2.05, 4.69) is 10.0 Å². The molecule has 33 heavy (non-hydrogen) atoms. The minimum atomic E-state index is -3.72. The fourth-order valence-electron chi connectivity index (χ4n) is 3.33. The van der Waals surface area contributed by atoms with Crippen LogP contribution in [0.25, 0.3) is 21.9 Å². The van der Waals surface area contributed by atoms with E-state index in [9.17, 15) is 18.0 Å². The number of amides is 1. The number of benzene rings is 3. The Kier molecular flexibility index (Phi) is 6.03. The van der Waals surface area contributed by atoms with Crippen molar-refractivity contribution in [2.24, 2.45) is 0 Å². The number of furan rings is 1. The number of esters is 1. The summed E-state index contributed by atoms with van der Waals surface area (Å²) < 4.78 is 42.3. The van der Waals surface area contributed by atoms with Gasteiger partial charge in [-0.2, -0.15) is 0 Å². The molecular weight excluding hydrogens is 448 g/mol. The molecule has 2 N–H and O–H groups in total. The molecule has 9 nitrogen and oxygen atoms in total. The van der Waals surface area contributed by atoms with Gasteiger partial charge in [0.05, 0.1) is 23.3 Å². The van der Waals surface area contributed by atoms with Crippen molar-refractivity contribution in [3.8, 4) is 5.75 Å². The van der Waals surface area contributed by atoms with Crippen molar-refractivity contribution in [2.45, 2.75) is 4.90 Å². The number of anilines is 1. The number of carbonyl (C=O) groups is 2. The van der Waals surface area contributed by atoms with E-state index in [1.165, 1.54) is 38.4 Å². The fraction of sp³-hybridized carbons (Fsp3) is 0.130. The first-order chi connectivity index (χ1) is 15.8. The predicted octanol–water partition coefficient (Wildman–Crippen LogP) is 3.30. The first-order valence-corrected chi connectivity index (χ1v) is 11.3. The number of carbonyl (C=O) groups excluding carboxylic acids is 2. The van der Waals surface area contributed by atoms with Crippen LogP contribution >= 0.6 is 0 Å². The number of sulfonamides is 1. The van der Waals surface area contributed by atoms with Crippen LogP contribution in [0.4, 0.5) is 5.69 Å². The van der Waals surface area contributed by atoms with Gasteiger partial charge in [-0.25, -0.2) is 17.9 Å². The molecule has 0 aliphatic rings. The van der Waals surface area contributed by atoms with Gasteiger partial charge in [0, 0.05) is 16.8 Å². The minimum Gasteiger partial charge on any atom is -0.495 e. The van der Waals surface area contributed by atoms with Crippen LogP contribution in [0.2, 0.25) is 0 Å². The maximum absolute atomic E-state index is 12.4. The lowest BCUT2D eigenvalue weighted by Crippen LogP contribution is -2.22. The van der Waals surface area contributed by atoms with Crippen molar-refractivity contribution in [3.05, 3.63) is 66.2 Å². The van der Waals surface area contributed by atoms with Gasteiger partial charge in [0.2, 0.25) is 10.0 Å². The number of nitrogens with one attached hydrogen (secondary N) is 2. The normalized spacial score (nSPS) is 11.5.